The summed E-state index contributed by atoms with van der Waals surface area (Å²) in [7, 11) is 0. The highest BCUT2D eigenvalue weighted by Crippen LogP contribution is 2.18. The molecule has 3 rings (SSSR count). The molecule has 1 aromatic carbocycles. The van der Waals surface area contributed by atoms with Crippen molar-refractivity contribution in [2.24, 2.45) is 0 Å². The molecule has 0 aliphatic rings. The van der Waals surface area contributed by atoms with E-state index in [9.17, 15) is 0 Å². The Bertz CT molecular complexity index is 741. The molecule has 0 saturated heterocycles. The molecule has 20 heavy (non-hydrogen) atoms. The van der Waals surface area contributed by atoms with Gasteiger partial charge in [0.25, 0.3) is 0 Å². The van der Waals surface area contributed by atoms with Crippen LogP contribution in [0.5, 0.6) is 0 Å². The van der Waals surface area contributed by atoms with Crippen LogP contribution in [-0.2, 0) is 13.0 Å². The molecule has 3 aromatic rings. The second kappa shape index (κ2) is 4.96. The molecule has 0 amide bonds. The van der Waals surface area contributed by atoms with E-state index in [-0.39, 0.29) is 0 Å². The molecule has 0 aliphatic carbocycles. The number of nitrogens with two attached hydrogens (primary N) is 1. The van der Waals surface area contributed by atoms with Gasteiger partial charge in [-0.15, -0.1) is 0 Å². The van der Waals surface area contributed by atoms with Crippen molar-refractivity contribution in [2.75, 3.05) is 5.73 Å². The lowest BCUT2D eigenvalue weighted by Crippen LogP contribution is -2.05. The summed E-state index contributed by atoms with van der Waals surface area (Å²) in [5.41, 5.74) is 11.2. The number of hydrogen-bond donors (Lipinski definition) is 1. The maximum absolute atomic E-state index is 6.02. The highest BCUT2D eigenvalue weighted by Gasteiger charge is 2.10. The lowest BCUT2D eigenvalue weighted by Gasteiger charge is -2.07. The van der Waals surface area contributed by atoms with Gasteiger partial charge in [0.15, 0.2) is 5.65 Å². The Balaban J connectivity index is 2.00. The SMILES string of the molecule is CCc1ccc(Cn2c(N)nc3ccc(C)nc32)cc1. The number of aromatic nitrogens is 3. The summed E-state index contributed by atoms with van der Waals surface area (Å²) < 4.78 is 1.96. The molecule has 2 heterocycles. The second-order valence-electron chi connectivity index (χ2n) is 5.02. The molecule has 0 unspecified atom stereocenters. The van der Waals surface area contributed by atoms with Gasteiger partial charge in [-0.1, -0.05) is 31.2 Å². The summed E-state index contributed by atoms with van der Waals surface area (Å²) in [6.45, 7) is 4.83. The fourth-order valence-electron chi connectivity index (χ4n) is 2.33. The third-order valence-corrected chi connectivity index (χ3v) is 3.53. The fourth-order valence-corrected chi connectivity index (χ4v) is 2.33. The van der Waals surface area contributed by atoms with Crippen LogP contribution in [0.2, 0.25) is 0 Å². The molecular formula is C16H18N4. The summed E-state index contributed by atoms with van der Waals surface area (Å²) in [6.07, 6.45) is 1.05. The van der Waals surface area contributed by atoms with Crippen molar-refractivity contribution >= 4 is 17.1 Å². The number of anilines is 1. The molecule has 4 nitrogen and oxygen atoms in total. The number of nitrogens with zero attached hydrogens (tertiary/aromatic N) is 3. The minimum Gasteiger partial charge on any atom is -0.369 e. The highest BCUT2D eigenvalue weighted by molar-refractivity contribution is 5.74. The van der Waals surface area contributed by atoms with Crippen LogP contribution in [0.1, 0.15) is 23.7 Å². The Morgan fingerprint density at radius 1 is 1.00 bits per heavy atom. The molecule has 0 radical (unpaired) electrons. The van der Waals surface area contributed by atoms with Crippen molar-refractivity contribution < 1.29 is 0 Å². The van der Waals surface area contributed by atoms with Gasteiger partial charge in [0, 0.05) is 5.69 Å². The molecular weight excluding hydrogens is 248 g/mol. The number of fused-ring (bicyclic) bond motifs is 1. The summed E-state index contributed by atoms with van der Waals surface area (Å²) >= 11 is 0. The first kappa shape index (κ1) is 12.7. The molecule has 0 spiro atoms. The molecule has 0 atom stereocenters. The predicted octanol–water partition coefficient (Wildman–Crippen LogP) is 2.93. The topological polar surface area (TPSA) is 56.7 Å². The van der Waals surface area contributed by atoms with Crippen LogP contribution < -0.4 is 5.73 Å². The van der Waals surface area contributed by atoms with E-state index >= 15 is 0 Å². The van der Waals surface area contributed by atoms with E-state index < -0.39 is 0 Å². The highest BCUT2D eigenvalue weighted by atomic mass is 15.2. The average Bonchev–Trinajstić information content (AvgIpc) is 2.76. The van der Waals surface area contributed by atoms with Gasteiger partial charge in [0.1, 0.15) is 5.52 Å². The van der Waals surface area contributed by atoms with Gasteiger partial charge < -0.3 is 5.73 Å². The lowest BCUT2D eigenvalue weighted by atomic mass is 10.1. The standard InChI is InChI=1S/C16H18N4/c1-3-12-5-7-13(8-6-12)10-20-15-14(19-16(20)17)9-4-11(2)18-15/h4-9H,3,10H2,1-2H3,(H2,17,19). The van der Waals surface area contributed by atoms with Crippen molar-refractivity contribution in [3.05, 3.63) is 53.2 Å². The number of rotatable bonds is 3. The number of aryl methyl sites for hydroxylation is 2. The van der Waals surface area contributed by atoms with E-state index in [0.29, 0.717) is 12.5 Å². The van der Waals surface area contributed by atoms with Crippen LogP contribution in [0.15, 0.2) is 36.4 Å². The molecule has 2 N–H and O–H groups in total. The van der Waals surface area contributed by atoms with Gasteiger partial charge in [0.05, 0.1) is 6.54 Å². The third-order valence-electron chi connectivity index (χ3n) is 3.53. The molecule has 0 bridgehead atoms. The maximum Gasteiger partial charge on any atom is 0.202 e. The zero-order chi connectivity index (χ0) is 14.1. The summed E-state index contributed by atoms with van der Waals surface area (Å²) in [5.74, 6) is 0.512. The van der Waals surface area contributed by atoms with E-state index in [1.165, 1.54) is 11.1 Å². The Morgan fingerprint density at radius 2 is 1.70 bits per heavy atom. The monoisotopic (exact) mass is 266 g/mol. The minimum atomic E-state index is 0.512. The Kier molecular flexibility index (Phi) is 3.14. The number of nitrogen functional groups attached to an aromatic ring is 1. The van der Waals surface area contributed by atoms with Crippen molar-refractivity contribution in [1.29, 1.82) is 0 Å². The van der Waals surface area contributed by atoms with E-state index in [1.54, 1.807) is 0 Å². The smallest absolute Gasteiger partial charge is 0.202 e. The molecule has 102 valence electrons. The van der Waals surface area contributed by atoms with E-state index in [0.717, 1.165) is 23.3 Å². The second-order valence-corrected chi connectivity index (χ2v) is 5.02. The number of hydrogen-bond acceptors (Lipinski definition) is 3. The van der Waals surface area contributed by atoms with Gasteiger partial charge >= 0.3 is 0 Å². The van der Waals surface area contributed by atoms with Crippen LogP contribution in [0, 0.1) is 6.92 Å². The predicted molar refractivity (Wildman–Crippen MR) is 81.6 cm³/mol. The van der Waals surface area contributed by atoms with Crippen molar-refractivity contribution in [3.63, 3.8) is 0 Å². The molecule has 0 fully saturated rings. The van der Waals surface area contributed by atoms with Crippen LogP contribution in [0.4, 0.5) is 5.95 Å². The molecule has 4 heteroatoms. The molecule has 0 saturated carbocycles. The third kappa shape index (κ3) is 2.25. The Hall–Kier alpha value is -2.36. The van der Waals surface area contributed by atoms with Gasteiger partial charge in [0.2, 0.25) is 5.95 Å². The summed E-state index contributed by atoms with van der Waals surface area (Å²) in [5, 5.41) is 0. The van der Waals surface area contributed by atoms with Crippen molar-refractivity contribution in [1.82, 2.24) is 14.5 Å². The minimum absolute atomic E-state index is 0.512. The quantitative estimate of drug-likeness (QED) is 0.793. The van der Waals surface area contributed by atoms with E-state index in [2.05, 4.69) is 41.2 Å². The van der Waals surface area contributed by atoms with Crippen LogP contribution in [-0.4, -0.2) is 14.5 Å². The van der Waals surface area contributed by atoms with Crippen molar-refractivity contribution in [3.8, 4) is 0 Å². The zero-order valence-corrected chi connectivity index (χ0v) is 11.8. The van der Waals surface area contributed by atoms with Gasteiger partial charge in [-0.05, 0) is 36.6 Å². The first-order valence-electron chi connectivity index (χ1n) is 6.84. The van der Waals surface area contributed by atoms with Gasteiger partial charge in [-0.25, -0.2) is 9.97 Å². The molecule has 2 aromatic heterocycles. The van der Waals surface area contributed by atoms with Crippen LogP contribution in [0.25, 0.3) is 11.2 Å². The van der Waals surface area contributed by atoms with Gasteiger partial charge in [-0.3, -0.25) is 4.57 Å². The van der Waals surface area contributed by atoms with Crippen LogP contribution in [0.3, 0.4) is 0 Å². The van der Waals surface area contributed by atoms with Crippen molar-refractivity contribution in [2.45, 2.75) is 26.8 Å². The van der Waals surface area contributed by atoms with Gasteiger partial charge in [-0.2, -0.15) is 0 Å². The molecule has 0 aliphatic heterocycles. The van der Waals surface area contributed by atoms with E-state index in [1.807, 2.05) is 23.6 Å². The van der Waals surface area contributed by atoms with E-state index in [4.69, 9.17) is 5.73 Å². The number of imidazole rings is 1. The zero-order valence-electron chi connectivity index (χ0n) is 11.8. The fraction of sp³-hybridized carbons (Fsp3) is 0.250. The lowest BCUT2D eigenvalue weighted by molar-refractivity contribution is 0.825. The first-order valence-corrected chi connectivity index (χ1v) is 6.84. The largest absolute Gasteiger partial charge is 0.369 e. The summed E-state index contributed by atoms with van der Waals surface area (Å²) in [4.78, 5) is 8.91. The summed E-state index contributed by atoms with van der Waals surface area (Å²) in [6, 6.07) is 12.5. The normalized spacial score (nSPS) is 11.1. The average molecular weight is 266 g/mol. The first-order chi connectivity index (χ1) is 9.67. The Morgan fingerprint density at radius 3 is 2.40 bits per heavy atom. The van der Waals surface area contributed by atoms with Crippen LogP contribution >= 0.6 is 0 Å². The maximum atomic E-state index is 6.02. The number of pyridine rings is 1. The number of benzene rings is 1. The Labute approximate surface area is 118 Å².